The molecule has 2 atom stereocenters. The average molecular weight is 499 g/mol. The van der Waals surface area contributed by atoms with Gasteiger partial charge in [-0.2, -0.15) is 0 Å². The molecule has 1 amide bonds. The van der Waals surface area contributed by atoms with Crippen LogP contribution in [-0.4, -0.2) is 38.7 Å². The number of hydrogen-bond donors (Lipinski definition) is 2. The van der Waals surface area contributed by atoms with Crippen LogP contribution in [0.3, 0.4) is 0 Å². The van der Waals surface area contributed by atoms with Crippen molar-refractivity contribution in [3.8, 4) is 11.5 Å². The van der Waals surface area contributed by atoms with Crippen LogP contribution in [0.2, 0.25) is 0 Å². The molecule has 0 saturated carbocycles. The number of aliphatic hydroxyl groups is 1. The number of nitrogens with one attached hydrogen (secondary N) is 1. The van der Waals surface area contributed by atoms with E-state index in [4.69, 9.17) is 9.47 Å². The molecule has 0 radical (unpaired) electrons. The van der Waals surface area contributed by atoms with Crippen molar-refractivity contribution < 1.29 is 19.4 Å². The highest BCUT2D eigenvalue weighted by Crippen LogP contribution is 2.38. The third-order valence-corrected chi connectivity index (χ3v) is 6.51. The lowest BCUT2D eigenvalue weighted by molar-refractivity contribution is 0.0972. The number of aromatic nitrogens is 3. The predicted octanol–water partition coefficient (Wildman–Crippen LogP) is 4.56. The number of carbonyl (C=O) groups is 1. The lowest BCUT2D eigenvalue weighted by Gasteiger charge is -2.20. The topological polar surface area (TPSA) is 98.5 Å². The molecule has 1 aliphatic rings. The van der Waals surface area contributed by atoms with Gasteiger partial charge in [0.25, 0.3) is 5.91 Å². The molecule has 2 heterocycles. The van der Waals surface area contributed by atoms with Crippen molar-refractivity contribution in [2.45, 2.75) is 45.4 Å². The summed E-state index contributed by atoms with van der Waals surface area (Å²) in [6, 6.07) is 20.5. The van der Waals surface area contributed by atoms with Gasteiger partial charge in [-0.25, -0.2) is 4.68 Å². The Morgan fingerprint density at radius 3 is 2.73 bits per heavy atom. The van der Waals surface area contributed by atoms with E-state index in [0.717, 1.165) is 28.9 Å². The molecule has 5 rings (SSSR count). The minimum Gasteiger partial charge on any atom is -0.492 e. The maximum atomic E-state index is 13.4. The summed E-state index contributed by atoms with van der Waals surface area (Å²) in [5.74, 6) is 1.12. The van der Waals surface area contributed by atoms with Crippen molar-refractivity contribution in [2.24, 2.45) is 0 Å². The lowest BCUT2D eigenvalue weighted by atomic mass is 9.93. The Labute approximate surface area is 215 Å². The smallest absolute Gasteiger partial charge is 0.256 e. The second kappa shape index (κ2) is 10.1. The zero-order valence-corrected chi connectivity index (χ0v) is 21.1. The Bertz CT molecular complexity index is 1410. The maximum absolute atomic E-state index is 13.4. The highest BCUT2D eigenvalue weighted by atomic mass is 16.5. The van der Waals surface area contributed by atoms with Gasteiger partial charge >= 0.3 is 0 Å². The summed E-state index contributed by atoms with van der Waals surface area (Å²) >= 11 is 0. The number of ether oxygens (including phenoxy) is 2. The molecule has 190 valence electrons. The van der Waals surface area contributed by atoms with Gasteiger partial charge in [0.1, 0.15) is 28.9 Å². The van der Waals surface area contributed by atoms with Gasteiger partial charge in [-0.15, -0.1) is 5.10 Å². The number of hydrogen-bond acceptors (Lipinski definition) is 6. The van der Waals surface area contributed by atoms with Gasteiger partial charge in [0, 0.05) is 23.6 Å². The zero-order chi connectivity index (χ0) is 26.0. The van der Waals surface area contributed by atoms with E-state index in [1.165, 1.54) is 0 Å². The van der Waals surface area contributed by atoms with Gasteiger partial charge < -0.3 is 19.9 Å². The second-order valence-corrected chi connectivity index (χ2v) is 9.37. The first-order valence-corrected chi connectivity index (χ1v) is 12.4. The fraction of sp³-hybridized carbons (Fsp3) is 0.276. The molecule has 1 aliphatic heterocycles. The first kappa shape index (κ1) is 24.5. The van der Waals surface area contributed by atoms with Crippen LogP contribution >= 0.6 is 0 Å². The Kier molecular flexibility index (Phi) is 6.67. The standard InChI is InChI=1S/C29H30N4O4/c1-4-36-26-15-21-14-19(2)37-25(21)16-24(26)30-28(34)23-13-9-8-10-20(23)17-33-18-27(31-32-33)29(3,35)22-11-6-5-7-12-22/h5-13,15-16,18-19,35H,4,14,17H2,1-3H3,(H,30,34). The zero-order valence-electron chi connectivity index (χ0n) is 21.1. The van der Waals surface area contributed by atoms with Crippen molar-refractivity contribution >= 4 is 11.6 Å². The Morgan fingerprint density at radius 1 is 1.19 bits per heavy atom. The molecular weight excluding hydrogens is 468 g/mol. The van der Waals surface area contributed by atoms with Crippen molar-refractivity contribution in [2.75, 3.05) is 11.9 Å². The van der Waals surface area contributed by atoms with Gasteiger partial charge in [-0.1, -0.05) is 53.7 Å². The fourth-order valence-corrected chi connectivity index (χ4v) is 4.57. The van der Waals surface area contributed by atoms with Crippen LogP contribution in [0.1, 0.15) is 53.5 Å². The largest absolute Gasteiger partial charge is 0.492 e. The van der Waals surface area contributed by atoms with E-state index in [1.54, 1.807) is 23.9 Å². The van der Waals surface area contributed by atoms with E-state index in [0.29, 0.717) is 35.8 Å². The van der Waals surface area contributed by atoms with Crippen molar-refractivity contribution in [3.63, 3.8) is 0 Å². The Balaban J connectivity index is 1.38. The number of amides is 1. The van der Waals surface area contributed by atoms with Gasteiger partial charge in [0.2, 0.25) is 0 Å². The summed E-state index contributed by atoms with van der Waals surface area (Å²) < 4.78 is 13.3. The van der Waals surface area contributed by atoms with Gasteiger partial charge in [0.05, 0.1) is 25.0 Å². The van der Waals surface area contributed by atoms with E-state index in [9.17, 15) is 9.90 Å². The van der Waals surface area contributed by atoms with E-state index in [2.05, 4.69) is 15.6 Å². The van der Waals surface area contributed by atoms with Crippen LogP contribution in [0, 0.1) is 0 Å². The van der Waals surface area contributed by atoms with Crippen LogP contribution in [0.15, 0.2) is 72.9 Å². The van der Waals surface area contributed by atoms with E-state index >= 15 is 0 Å². The van der Waals surface area contributed by atoms with E-state index in [-0.39, 0.29) is 12.0 Å². The minimum atomic E-state index is -1.29. The molecule has 37 heavy (non-hydrogen) atoms. The highest BCUT2D eigenvalue weighted by Gasteiger charge is 2.29. The van der Waals surface area contributed by atoms with Crippen molar-refractivity contribution in [1.82, 2.24) is 15.0 Å². The molecule has 8 heteroatoms. The number of rotatable bonds is 8. The van der Waals surface area contributed by atoms with Crippen LogP contribution in [-0.2, 0) is 18.6 Å². The number of anilines is 1. The normalized spacial score (nSPS) is 15.9. The number of nitrogens with zero attached hydrogens (tertiary/aromatic N) is 3. The summed E-state index contributed by atoms with van der Waals surface area (Å²) in [5.41, 5.74) is 2.76. The molecule has 8 nitrogen and oxygen atoms in total. The molecular formula is C29H30N4O4. The Morgan fingerprint density at radius 2 is 1.95 bits per heavy atom. The summed E-state index contributed by atoms with van der Waals surface area (Å²) in [4.78, 5) is 13.4. The molecule has 0 bridgehead atoms. The molecule has 2 N–H and O–H groups in total. The number of carbonyl (C=O) groups excluding carboxylic acids is 1. The molecule has 2 unspecified atom stereocenters. The third-order valence-electron chi connectivity index (χ3n) is 6.51. The molecule has 3 aromatic carbocycles. The van der Waals surface area contributed by atoms with Crippen LogP contribution in [0.5, 0.6) is 11.5 Å². The molecule has 1 aromatic heterocycles. The first-order valence-electron chi connectivity index (χ1n) is 12.4. The number of benzene rings is 3. The fourth-order valence-electron chi connectivity index (χ4n) is 4.57. The highest BCUT2D eigenvalue weighted by molar-refractivity contribution is 6.06. The lowest BCUT2D eigenvalue weighted by Crippen LogP contribution is -2.23. The molecule has 0 fully saturated rings. The van der Waals surface area contributed by atoms with Crippen molar-refractivity contribution in [1.29, 1.82) is 0 Å². The van der Waals surface area contributed by atoms with Gasteiger partial charge in [-0.05, 0) is 44.0 Å². The average Bonchev–Trinajstić information content (AvgIpc) is 3.51. The minimum absolute atomic E-state index is 0.0893. The maximum Gasteiger partial charge on any atom is 0.256 e. The predicted molar refractivity (Wildman–Crippen MR) is 140 cm³/mol. The van der Waals surface area contributed by atoms with E-state index < -0.39 is 5.60 Å². The summed E-state index contributed by atoms with van der Waals surface area (Å²) in [6.07, 6.45) is 2.60. The quantitative estimate of drug-likeness (QED) is 0.370. The second-order valence-electron chi connectivity index (χ2n) is 9.37. The van der Waals surface area contributed by atoms with Gasteiger partial charge in [0.15, 0.2) is 0 Å². The monoisotopic (exact) mass is 498 g/mol. The van der Waals surface area contributed by atoms with Crippen LogP contribution < -0.4 is 14.8 Å². The van der Waals surface area contributed by atoms with Crippen LogP contribution in [0.4, 0.5) is 5.69 Å². The Hall–Kier alpha value is -4.17. The number of fused-ring (bicyclic) bond motifs is 1. The summed E-state index contributed by atoms with van der Waals surface area (Å²) in [6.45, 7) is 6.41. The molecule has 4 aromatic rings. The molecule has 0 aliphatic carbocycles. The molecule has 0 spiro atoms. The third kappa shape index (κ3) is 5.06. The van der Waals surface area contributed by atoms with Crippen molar-refractivity contribution in [3.05, 3.63) is 101 Å². The summed E-state index contributed by atoms with van der Waals surface area (Å²) in [5, 5.41) is 22.5. The van der Waals surface area contributed by atoms with E-state index in [1.807, 2.05) is 74.5 Å². The summed E-state index contributed by atoms with van der Waals surface area (Å²) in [7, 11) is 0. The van der Waals surface area contributed by atoms with Gasteiger partial charge in [-0.3, -0.25) is 4.79 Å². The SMILES string of the molecule is CCOc1cc2c(cc1NC(=O)c1ccccc1Cn1cc(C(C)(O)c3ccccc3)nn1)OC(C)C2. The first-order chi connectivity index (χ1) is 17.8. The van der Waals surface area contributed by atoms with Crippen LogP contribution in [0.25, 0.3) is 0 Å². The molecule has 0 saturated heterocycles.